The van der Waals surface area contributed by atoms with Crippen LogP contribution in [0.5, 0.6) is 0 Å². The molecule has 3 aromatic carbocycles. The summed E-state index contributed by atoms with van der Waals surface area (Å²) in [7, 11) is 0. The van der Waals surface area contributed by atoms with Gasteiger partial charge in [0.1, 0.15) is 5.69 Å². The normalized spacial score (nSPS) is 11.5. The van der Waals surface area contributed by atoms with Crippen LogP contribution in [-0.2, 0) is 12.7 Å². The summed E-state index contributed by atoms with van der Waals surface area (Å²) in [6.45, 7) is 7.91. The van der Waals surface area contributed by atoms with Gasteiger partial charge in [0.15, 0.2) is 0 Å². The first-order valence-electron chi connectivity index (χ1n) is 11.2. The average Bonchev–Trinajstić information content (AvgIpc) is 3.26. The predicted molar refractivity (Wildman–Crippen MR) is 131 cm³/mol. The largest absolute Gasteiger partial charge is 0.416 e. The number of carbonyl (C=O) groups excluding carboxylic acids is 1. The Kier molecular flexibility index (Phi) is 6.52. The molecule has 35 heavy (non-hydrogen) atoms. The Hall–Kier alpha value is -3.87. The van der Waals surface area contributed by atoms with E-state index < -0.39 is 17.6 Å². The SMILES string of the molecule is Cc1ccc(C)c(-n2nc(-c3ccc(C)c(C)c3)cc2C(=O)NCc2cccc(C(F)(F)F)c2)c1. The van der Waals surface area contributed by atoms with Gasteiger partial charge in [-0.1, -0.05) is 36.4 Å². The molecular formula is C28H26F3N3O. The second-order valence-corrected chi connectivity index (χ2v) is 8.80. The zero-order valence-corrected chi connectivity index (χ0v) is 20.0. The number of aryl methyl sites for hydroxylation is 4. The summed E-state index contributed by atoms with van der Waals surface area (Å²) < 4.78 is 40.8. The quantitative estimate of drug-likeness (QED) is 0.347. The Bertz CT molecular complexity index is 1400. The molecule has 4 aromatic rings. The van der Waals surface area contributed by atoms with E-state index in [1.165, 1.54) is 6.07 Å². The van der Waals surface area contributed by atoms with Crippen LogP contribution in [0.1, 0.15) is 43.9 Å². The number of aromatic nitrogens is 2. The molecule has 4 nitrogen and oxygen atoms in total. The van der Waals surface area contributed by atoms with Gasteiger partial charge in [-0.05, 0) is 85.8 Å². The maximum absolute atomic E-state index is 13.3. The lowest BCUT2D eigenvalue weighted by Gasteiger charge is -2.12. The Labute approximate surface area is 202 Å². The van der Waals surface area contributed by atoms with E-state index in [-0.39, 0.29) is 6.54 Å². The van der Waals surface area contributed by atoms with E-state index in [4.69, 9.17) is 5.10 Å². The van der Waals surface area contributed by atoms with Crippen molar-refractivity contribution in [3.63, 3.8) is 0 Å². The van der Waals surface area contributed by atoms with Gasteiger partial charge in [0.2, 0.25) is 0 Å². The van der Waals surface area contributed by atoms with Crippen LogP contribution in [0.3, 0.4) is 0 Å². The number of nitrogens with zero attached hydrogens (tertiary/aromatic N) is 2. The Balaban J connectivity index is 1.71. The zero-order chi connectivity index (χ0) is 25.3. The summed E-state index contributed by atoms with van der Waals surface area (Å²) in [4.78, 5) is 13.3. The molecule has 0 aliphatic rings. The summed E-state index contributed by atoms with van der Waals surface area (Å²) in [5.41, 5.74) is 6.43. The van der Waals surface area contributed by atoms with Gasteiger partial charge in [-0.25, -0.2) is 4.68 Å². The molecule has 0 saturated heterocycles. The highest BCUT2D eigenvalue weighted by atomic mass is 19.4. The third-order valence-electron chi connectivity index (χ3n) is 6.04. The molecule has 0 aliphatic heterocycles. The van der Waals surface area contributed by atoms with Crippen molar-refractivity contribution in [2.45, 2.75) is 40.4 Å². The summed E-state index contributed by atoms with van der Waals surface area (Å²) in [5.74, 6) is -0.425. The molecule has 1 N–H and O–H groups in total. The van der Waals surface area contributed by atoms with Crippen molar-refractivity contribution in [1.82, 2.24) is 15.1 Å². The lowest BCUT2D eigenvalue weighted by molar-refractivity contribution is -0.137. The van der Waals surface area contributed by atoms with Crippen LogP contribution in [0, 0.1) is 27.7 Å². The Morgan fingerprint density at radius 1 is 0.886 bits per heavy atom. The van der Waals surface area contributed by atoms with E-state index >= 15 is 0 Å². The third-order valence-corrected chi connectivity index (χ3v) is 6.04. The number of rotatable bonds is 5. The molecule has 7 heteroatoms. The third kappa shape index (κ3) is 5.29. The van der Waals surface area contributed by atoms with Crippen LogP contribution < -0.4 is 5.32 Å². The molecule has 1 amide bonds. The van der Waals surface area contributed by atoms with Gasteiger partial charge in [0.25, 0.3) is 5.91 Å². The van der Waals surface area contributed by atoms with Crippen molar-refractivity contribution in [3.05, 3.63) is 106 Å². The molecule has 0 atom stereocenters. The molecule has 0 spiro atoms. The van der Waals surface area contributed by atoms with Gasteiger partial charge in [0.05, 0.1) is 16.9 Å². The minimum Gasteiger partial charge on any atom is -0.347 e. The van der Waals surface area contributed by atoms with Crippen molar-refractivity contribution in [3.8, 4) is 16.9 Å². The Morgan fingerprint density at radius 2 is 1.63 bits per heavy atom. The number of amides is 1. The van der Waals surface area contributed by atoms with Crippen molar-refractivity contribution in [2.75, 3.05) is 0 Å². The van der Waals surface area contributed by atoms with E-state index in [9.17, 15) is 18.0 Å². The fourth-order valence-corrected chi connectivity index (χ4v) is 3.85. The number of nitrogens with one attached hydrogen (secondary N) is 1. The minimum absolute atomic E-state index is 0.0420. The van der Waals surface area contributed by atoms with Gasteiger partial charge in [-0.2, -0.15) is 18.3 Å². The summed E-state index contributed by atoms with van der Waals surface area (Å²) >= 11 is 0. The van der Waals surface area contributed by atoms with Crippen LogP contribution in [0.4, 0.5) is 13.2 Å². The van der Waals surface area contributed by atoms with Crippen LogP contribution in [0.2, 0.25) is 0 Å². The van der Waals surface area contributed by atoms with E-state index in [0.29, 0.717) is 17.0 Å². The lowest BCUT2D eigenvalue weighted by atomic mass is 10.0. The average molecular weight is 478 g/mol. The maximum atomic E-state index is 13.3. The topological polar surface area (TPSA) is 46.9 Å². The second-order valence-electron chi connectivity index (χ2n) is 8.80. The highest BCUT2D eigenvalue weighted by Crippen LogP contribution is 2.30. The predicted octanol–water partition coefficient (Wildman–Crippen LogP) is 6.72. The van der Waals surface area contributed by atoms with Crippen molar-refractivity contribution >= 4 is 5.91 Å². The molecule has 1 aromatic heterocycles. The lowest BCUT2D eigenvalue weighted by Crippen LogP contribution is -2.25. The molecule has 0 radical (unpaired) electrons. The van der Waals surface area contributed by atoms with E-state index in [1.807, 2.05) is 64.1 Å². The number of carbonyl (C=O) groups is 1. The second kappa shape index (κ2) is 9.41. The molecule has 1 heterocycles. The highest BCUT2D eigenvalue weighted by molar-refractivity contribution is 5.94. The Morgan fingerprint density at radius 3 is 2.34 bits per heavy atom. The molecule has 0 bridgehead atoms. The maximum Gasteiger partial charge on any atom is 0.416 e. The number of hydrogen-bond acceptors (Lipinski definition) is 2. The first kappa shape index (κ1) is 24.3. The summed E-state index contributed by atoms with van der Waals surface area (Å²) in [6, 6.07) is 18.6. The minimum atomic E-state index is -4.44. The molecular weight excluding hydrogens is 451 g/mol. The number of halogens is 3. The first-order chi connectivity index (χ1) is 16.5. The highest BCUT2D eigenvalue weighted by Gasteiger charge is 2.30. The van der Waals surface area contributed by atoms with E-state index in [2.05, 4.69) is 5.32 Å². The summed E-state index contributed by atoms with van der Waals surface area (Å²) in [5, 5.41) is 7.51. The fourth-order valence-electron chi connectivity index (χ4n) is 3.85. The van der Waals surface area contributed by atoms with Gasteiger partial charge >= 0.3 is 6.18 Å². The molecule has 0 fully saturated rings. The van der Waals surface area contributed by atoms with Crippen molar-refractivity contribution in [2.24, 2.45) is 0 Å². The van der Waals surface area contributed by atoms with Gasteiger partial charge < -0.3 is 5.32 Å². The van der Waals surface area contributed by atoms with Gasteiger partial charge in [-0.3, -0.25) is 4.79 Å². The van der Waals surface area contributed by atoms with Crippen molar-refractivity contribution < 1.29 is 18.0 Å². The molecule has 180 valence electrons. The molecule has 4 rings (SSSR count). The zero-order valence-electron chi connectivity index (χ0n) is 20.0. The number of hydrogen-bond donors (Lipinski definition) is 1. The standard InChI is InChI=1S/C28H26F3N3O/c1-17-8-9-19(3)25(12-17)34-26(15-24(33-34)22-11-10-18(2)20(4)13-22)27(35)32-16-21-6-5-7-23(14-21)28(29,30)31/h5-15H,16H2,1-4H3,(H,32,35). The summed E-state index contributed by atoms with van der Waals surface area (Å²) in [6.07, 6.45) is -4.44. The molecule has 0 aliphatic carbocycles. The van der Waals surface area contributed by atoms with Crippen LogP contribution >= 0.6 is 0 Å². The fraction of sp³-hybridized carbons (Fsp3) is 0.214. The van der Waals surface area contributed by atoms with Gasteiger partial charge in [-0.15, -0.1) is 0 Å². The van der Waals surface area contributed by atoms with Crippen LogP contribution in [-0.4, -0.2) is 15.7 Å². The monoisotopic (exact) mass is 477 g/mol. The van der Waals surface area contributed by atoms with Crippen LogP contribution in [0.15, 0.2) is 66.7 Å². The van der Waals surface area contributed by atoms with Crippen LogP contribution in [0.25, 0.3) is 16.9 Å². The van der Waals surface area contributed by atoms with Gasteiger partial charge in [0, 0.05) is 12.1 Å². The van der Waals surface area contributed by atoms with E-state index in [0.717, 1.165) is 45.6 Å². The molecule has 0 saturated carbocycles. The smallest absolute Gasteiger partial charge is 0.347 e. The van der Waals surface area contributed by atoms with Crippen molar-refractivity contribution in [1.29, 1.82) is 0 Å². The number of alkyl halides is 3. The first-order valence-corrected chi connectivity index (χ1v) is 11.2. The molecule has 0 unspecified atom stereocenters. The number of benzene rings is 3. The van der Waals surface area contributed by atoms with E-state index in [1.54, 1.807) is 16.8 Å².